The molecule has 0 saturated carbocycles. The van der Waals surface area contributed by atoms with Gasteiger partial charge in [-0.1, -0.05) is 47.6 Å². The van der Waals surface area contributed by atoms with Gasteiger partial charge in [-0.05, 0) is 25.8 Å². The molecule has 1 unspecified atom stereocenters. The molecule has 1 atom stereocenters. The van der Waals surface area contributed by atoms with Gasteiger partial charge in [0.05, 0.1) is 6.04 Å². The third-order valence-electron chi connectivity index (χ3n) is 2.75. The molecule has 0 bridgehead atoms. The molecule has 0 saturated heterocycles. The van der Waals surface area contributed by atoms with E-state index in [1.165, 1.54) is 16.7 Å². The van der Waals surface area contributed by atoms with Crippen LogP contribution < -0.4 is 5.73 Å². The molecule has 1 aromatic rings. The van der Waals surface area contributed by atoms with Crippen molar-refractivity contribution in [3.8, 4) is 0 Å². The second-order valence-corrected chi connectivity index (χ2v) is 3.84. The van der Waals surface area contributed by atoms with Crippen molar-refractivity contribution in [3.05, 3.63) is 59.7 Å². The molecule has 0 spiro atoms. The molecule has 0 aliphatic rings. The Morgan fingerprint density at radius 3 is 2.38 bits per heavy atom. The van der Waals surface area contributed by atoms with Crippen LogP contribution in [-0.4, -0.2) is 0 Å². The third-order valence-corrected chi connectivity index (χ3v) is 2.75. The van der Waals surface area contributed by atoms with Crippen molar-refractivity contribution in [3.63, 3.8) is 0 Å². The molecule has 0 heterocycles. The van der Waals surface area contributed by atoms with Gasteiger partial charge in [0.15, 0.2) is 0 Å². The van der Waals surface area contributed by atoms with Crippen LogP contribution in [0.5, 0.6) is 0 Å². The van der Waals surface area contributed by atoms with E-state index in [4.69, 9.17) is 5.73 Å². The summed E-state index contributed by atoms with van der Waals surface area (Å²) in [6, 6.07) is 10.2. The SMILES string of the molecule is C=CCC(C)=C(C)C(N)c1ccccc1.Cl. The van der Waals surface area contributed by atoms with E-state index in [1.54, 1.807) is 0 Å². The molecular formula is C14H20ClN. The molecule has 0 radical (unpaired) electrons. The first-order valence-corrected chi connectivity index (χ1v) is 5.24. The summed E-state index contributed by atoms with van der Waals surface area (Å²) in [4.78, 5) is 0. The first kappa shape index (κ1) is 14.9. The summed E-state index contributed by atoms with van der Waals surface area (Å²) in [6.07, 6.45) is 2.82. The monoisotopic (exact) mass is 237 g/mol. The van der Waals surface area contributed by atoms with E-state index < -0.39 is 0 Å². The van der Waals surface area contributed by atoms with Crippen LogP contribution in [0.3, 0.4) is 0 Å². The third kappa shape index (κ3) is 3.84. The van der Waals surface area contributed by atoms with E-state index in [0.29, 0.717) is 0 Å². The van der Waals surface area contributed by atoms with Gasteiger partial charge in [-0.3, -0.25) is 0 Å². The van der Waals surface area contributed by atoms with E-state index in [9.17, 15) is 0 Å². The summed E-state index contributed by atoms with van der Waals surface area (Å²) in [7, 11) is 0. The number of nitrogens with two attached hydrogens (primary N) is 1. The Bertz CT molecular complexity index is 354. The highest BCUT2D eigenvalue weighted by molar-refractivity contribution is 5.85. The Balaban J connectivity index is 0.00000225. The maximum Gasteiger partial charge on any atom is 0.0510 e. The van der Waals surface area contributed by atoms with Crippen LogP contribution in [0.15, 0.2) is 54.1 Å². The smallest absolute Gasteiger partial charge is 0.0510 e. The van der Waals surface area contributed by atoms with Crippen LogP contribution in [0.1, 0.15) is 31.9 Å². The number of allylic oxidation sites excluding steroid dienone is 2. The highest BCUT2D eigenvalue weighted by atomic mass is 35.5. The van der Waals surface area contributed by atoms with Crippen molar-refractivity contribution in [1.29, 1.82) is 0 Å². The minimum atomic E-state index is 0. The Hall–Kier alpha value is -1.05. The van der Waals surface area contributed by atoms with Crippen LogP contribution in [0.25, 0.3) is 0 Å². The van der Waals surface area contributed by atoms with Crippen LogP contribution in [0, 0.1) is 0 Å². The van der Waals surface area contributed by atoms with Crippen molar-refractivity contribution in [2.75, 3.05) is 0 Å². The van der Waals surface area contributed by atoms with Crippen molar-refractivity contribution in [1.82, 2.24) is 0 Å². The van der Waals surface area contributed by atoms with Gasteiger partial charge in [-0.2, -0.15) is 0 Å². The summed E-state index contributed by atoms with van der Waals surface area (Å²) < 4.78 is 0. The number of benzene rings is 1. The van der Waals surface area contributed by atoms with Crippen LogP contribution in [0.2, 0.25) is 0 Å². The molecule has 0 aromatic heterocycles. The minimum absolute atomic E-state index is 0. The van der Waals surface area contributed by atoms with Gasteiger partial charge in [0.25, 0.3) is 0 Å². The van der Waals surface area contributed by atoms with Gasteiger partial charge < -0.3 is 5.73 Å². The summed E-state index contributed by atoms with van der Waals surface area (Å²) >= 11 is 0. The van der Waals surface area contributed by atoms with Crippen LogP contribution in [-0.2, 0) is 0 Å². The van der Waals surface area contributed by atoms with Crippen LogP contribution >= 0.6 is 12.4 Å². The fraction of sp³-hybridized carbons (Fsp3) is 0.286. The normalized spacial score (nSPS) is 13.4. The number of hydrogen-bond acceptors (Lipinski definition) is 1. The lowest BCUT2D eigenvalue weighted by atomic mass is 9.96. The fourth-order valence-corrected chi connectivity index (χ4v) is 1.55. The Morgan fingerprint density at radius 1 is 1.31 bits per heavy atom. The van der Waals surface area contributed by atoms with Crippen molar-refractivity contribution in [2.24, 2.45) is 5.73 Å². The van der Waals surface area contributed by atoms with Gasteiger partial charge >= 0.3 is 0 Å². The van der Waals surface area contributed by atoms with Gasteiger partial charge in [-0.25, -0.2) is 0 Å². The molecule has 16 heavy (non-hydrogen) atoms. The zero-order chi connectivity index (χ0) is 11.3. The summed E-state index contributed by atoms with van der Waals surface area (Å²) in [5, 5.41) is 0. The number of rotatable bonds is 4. The molecule has 88 valence electrons. The summed E-state index contributed by atoms with van der Waals surface area (Å²) in [6.45, 7) is 7.94. The molecule has 2 N–H and O–H groups in total. The van der Waals surface area contributed by atoms with Gasteiger partial charge in [0.1, 0.15) is 0 Å². The molecule has 1 aromatic carbocycles. The Morgan fingerprint density at radius 2 is 1.88 bits per heavy atom. The molecule has 0 aliphatic heterocycles. The average Bonchev–Trinajstić information content (AvgIpc) is 2.28. The molecule has 1 rings (SSSR count). The standard InChI is InChI=1S/C14H19N.ClH/c1-4-8-11(2)12(3)14(15)13-9-6-5-7-10-13;/h4-7,9-10,14H,1,8,15H2,2-3H3;1H. The predicted octanol–water partition coefficient (Wildman–Crippen LogP) is 4.02. The van der Waals surface area contributed by atoms with E-state index in [0.717, 1.165) is 6.42 Å². The van der Waals surface area contributed by atoms with Gasteiger partial charge in [-0.15, -0.1) is 19.0 Å². The lowest BCUT2D eigenvalue weighted by molar-refractivity contribution is 0.824. The zero-order valence-corrected chi connectivity index (χ0v) is 10.8. The van der Waals surface area contributed by atoms with Gasteiger partial charge in [0, 0.05) is 0 Å². The molecule has 0 fully saturated rings. The Labute approximate surface area is 104 Å². The summed E-state index contributed by atoms with van der Waals surface area (Å²) in [5.41, 5.74) is 9.89. The molecule has 2 heteroatoms. The number of hydrogen-bond donors (Lipinski definition) is 1. The lowest BCUT2D eigenvalue weighted by Gasteiger charge is -2.15. The topological polar surface area (TPSA) is 26.0 Å². The highest BCUT2D eigenvalue weighted by Crippen LogP contribution is 2.22. The molecule has 0 amide bonds. The molecular weight excluding hydrogens is 218 g/mol. The van der Waals surface area contributed by atoms with Gasteiger partial charge in [0.2, 0.25) is 0 Å². The number of halogens is 1. The maximum absolute atomic E-state index is 6.18. The maximum atomic E-state index is 6.18. The zero-order valence-electron chi connectivity index (χ0n) is 9.94. The minimum Gasteiger partial charge on any atom is -0.321 e. The second kappa shape index (κ2) is 7.26. The van der Waals surface area contributed by atoms with E-state index in [2.05, 4.69) is 32.6 Å². The second-order valence-electron chi connectivity index (χ2n) is 3.84. The van der Waals surface area contributed by atoms with E-state index in [1.807, 2.05) is 24.3 Å². The quantitative estimate of drug-likeness (QED) is 0.787. The van der Waals surface area contributed by atoms with Crippen molar-refractivity contribution < 1.29 is 0 Å². The Kier molecular flexibility index (Phi) is 6.78. The lowest BCUT2D eigenvalue weighted by Crippen LogP contribution is -2.12. The van der Waals surface area contributed by atoms with E-state index in [-0.39, 0.29) is 18.4 Å². The van der Waals surface area contributed by atoms with E-state index >= 15 is 0 Å². The van der Waals surface area contributed by atoms with Crippen molar-refractivity contribution in [2.45, 2.75) is 26.3 Å². The van der Waals surface area contributed by atoms with Crippen molar-refractivity contribution >= 4 is 12.4 Å². The first-order chi connectivity index (χ1) is 7.16. The highest BCUT2D eigenvalue weighted by Gasteiger charge is 2.08. The predicted molar refractivity (Wildman–Crippen MR) is 73.8 cm³/mol. The fourth-order valence-electron chi connectivity index (χ4n) is 1.55. The van der Waals surface area contributed by atoms with Crippen LogP contribution in [0.4, 0.5) is 0 Å². The largest absolute Gasteiger partial charge is 0.321 e. The molecule has 0 aliphatic carbocycles. The summed E-state index contributed by atoms with van der Waals surface area (Å²) in [5.74, 6) is 0. The first-order valence-electron chi connectivity index (χ1n) is 5.24. The average molecular weight is 238 g/mol. The molecule has 1 nitrogen and oxygen atoms in total.